The zero-order valence-electron chi connectivity index (χ0n) is 17.3. The third-order valence-corrected chi connectivity index (χ3v) is 5.69. The number of rotatable bonds is 8. The number of amides is 1. The molecule has 0 spiro atoms. The molecule has 1 amide bonds. The molecule has 1 saturated heterocycles. The normalized spacial score (nSPS) is 20.4. The molecule has 6 nitrogen and oxygen atoms in total. The number of halogens is 1. The Kier molecular flexibility index (Phi) is 12.3. The molecule has 0 aromatic carbocycles. The van der Waals surface area contributed by atoms with E-state index in [-0.39, 0.29) is 42.0 Å². The maximum Gasteiger partial charge on any atom is 0.241 e. The molecule has 27 heavy (non-hydrogen) atoms. The maximum atomic E-state index is 11.8. The fourth-order valence-electron chi connectivity index (χ4n) is 4.24. The SMILES string of the molecule is CCCNC(=O)CN=C(NCC)NCC1(N2CCCCC2)CCCCC1.I. The molecule has 1 aliphatic heterocycles. The van der Waals surface area contributed by atoms with Crippen LogP contribution in [0.4, 0.5) is 0 Å². The van der Waals surface area contributed by atoms with Gasteiger partial charge < -0.3 is 16.0 Å². The third-order valence-electron chi connectivity index (χ3n) is 5.69. The highest BCUT2D eigenvalue weighted by Crippen LogP contribution is 2.35. The number of piperidine rings is 1. The van der Waals surface area contributed by atoms with Gasteiger partial charge in [0.15, 0.2) is 5.96 Å². The van der Waals surface area contributed by atoms with Crippen LogP contribution < -0.4 is 16.0 Å². The number of hydrogen-bond acceptors (Lipinski definition) is 3. The van der Waals surface area contributed by atoms with Gasteiger partial charge in [0.05, 0.1) is 0 Å². The molecular formula is C20H40IN5O. The van der Waals surface area contributed by atoms with Crippen molar-refractivity contribution in [2.24, 2.45) is 4.99 Å². The van der Waals surface area contributed by atoms with Gasteiger partial charge in [-0.05, 0) is 52.1 Å². The van der Waals surface area contributed by atoms with E-state index in [1.165, 1.54) is 64.5 Å². The summed E-state index contributed by atoms with van der Waals surface area (Å²) >= 11 is 0. The van der Waals surface area contributed by atoms with E-state index in [0.717, 1.165) is 32.0 Å². The standard InChI is InChI=1S/C20H39N5O.HI/c1-3-13-22-18(26)16-23-19(21-4-2)24-17-20(11-7-5-8-12-20)25-14-9-6-10-15-25;/h3-17H2,1-2H3,(H,22,26)(H2,21,23,24);1H. The second kappa shape index (κ2) is 13.6. The lowest BCUT2D eigenvalue weighted by molar-refractivity contribution is -0.119. The van der Waals surface area contributed by atoms with E-state index in [1.54, 1.807) is 0 Å². The summed E-state index contributed by atoms with van der Waals surface area (Å²) in [5, 5.41) is 9.74. The summed E-state index contributed by atoms with van der Waals surface area (Å²) in [5.74, 6) is 0.758. The van der Waals surface area contributed by atoms with Crippen LogP contribution in [0.2, 0.25) is 0 Å². The minimum Gasteiger partial charge on any atom is -0.357 e. The van der Waals surface area contributed by atoms with Gasteiger partial charge in [-0.3, -0.25) is 9.69 Å². The number of nitrogens with one attached hydrogen (secondary N) is 3. The number of likely N-dealkylation sites (tertiary alicyclic amines) is 1. The van der Waals surface area contributed by atoms with Crippen molar-refractivity contribution in [3.05, 3.63) is 0 Å². The molecule has 0 atom stereocenters. The molecule has 1 aliphatic carbocycles. The number of carbonyl (C=O) groups is 1. The first kappa shape index (κ1) is 24.5. The lowest BCUT2D eigenvalue weighted by Crippen LogP contribution is -2.59. The van der Waals surface area contributed by atoms with E-state index >= 15 is 0 Å². The van der Waals surface area contributed by atoms with Gasteiger partial charge >= 0.3 is 0 Å². The Labute approximate surface area is 182 Å². The van der Waals surface area contributed by atoms with Gasteiger partial charge in [0.2, 0.25) is 5.91 Å². The quantitative estimate of drug-likeness (QED) is 0.277. The average molecular weight is 493 g/mol. The van der Waals surface area contributed by atoms with Crippen LogP contribution >= 0.6 is 24.0 Å². The van der Waals surface area contributed by atoms with Crippen LogP contribution in [0.1, 0.15) is 71.6 Å². The van der Waals surface area contributed by atoms with E-state index in [0.29, 0.717) is 0 Å². The number of guanidine groups is 1. The summed E-state index contributed by atoms with van der Waals surface area (Å²) in [5.41, 5.74) is 0.263. The molecule has 0 aromatic rings. The Morgan fingerprint density at radius 1 is 0.963 bits per heavy atom. The predicted octanol–water partition coefficient (Wildman–Crippen LogP) is 2.87. The lowest BCUT2D eigenvalue weighted by atomic mass is 9.79. The summed E-state index contributed by atoms with van der Waals surface area (Å²) in [6, 6.07) is 0. The molecule has 1 saturated carbocycles. The Hall–Kier alpha value is -0.570. The van der Waals surface area contributed by atoms with E-state index < -0.39 is 0 Å². The Morgan fingerprint density at radius 3 is 2.26 bits per heavy atom. The van der Waals surface area contributed by atoms with Gasteiger partial charge in [-0.2, -0.15) is 0 Å². The van der Waals surface area contributed by atoms with Crippen LogP contribution in [0.3, 0.4) is 0 Å². The number of nitrogens with zero attached hydrogens (tertiary/aromatic N) is 2. The second-order valence-electron chi connectivity index (χ2n) is 7.73. The molecule has 2 aliphatic rings. The Bertz CT molecular complexity index is 446. The topological polar surface area (TPSA) is 68.8 Å². The third kappa shape index (κ3) is 8.13. The summed E-state index contributed by atoms with van der Waals surface area (Å²) in [6.07, 6.45) is 11.5. The van der Waals surface area contributed by atoms with Gasteiger partial charge in [-0.15, -0.1) is 24.0 Å². The highest BCUT2D eigenvalue weighted by Gasteiger charge is 2.38. The van der Waals surface area contributed by atoms with Crippen molar-refractivity contribution >= 4 is 35.8 Å². The van der Waals surface area contributed by atoms with Crippen molar-refractivity contribution in [2.45, 2.75) is 77.2 Å². The first-order valence-corrected chi connectivity index (χ1v) is 10.7. The molecule has 0 bridgehead atoms. The molecule has 7 heteroatoms. The molecular weight excluding hydrogens is 453 g/mol. The number of hydrogen-bond donors (Lipinski definition) is 3. The predicted molar refractivity (Wildman–Crippen MR) is 124 cm³/mol. The summed E-state index contributed by atoms with van der Waals surface area (Å²) in [4.78, 5) is 19.1. The molecule has 158 valence electrons. The van der Waals surface area contributed by atoms with Crippen molar-refractivity contribution in [1.82, 2.24) is 20.9 Å². The van der Waals surface area contributed by atoms with Crippen molar-refractivity contribution < 1.29 is 4.79 Å². The van der Waals surface area contributed by atoms with Crippen LogP contribution in [0.5, 0.6) is 0 Å². The average Bonchev–Trinajstić information content (AvgIpc) is 2.70. The summed E-state index contributed by atoms with van der Waals surface area (Å²) < 4.78 is 0. The van der Waals surface area contributed by atoms with E-state index in [4.69, 9.17) is 0 Å². The fraction of sp³-hybridized carbons (Fsp3) is 0.900. The molecule has 2 fully saturated rings. The smallest absolute Gasteiger partial charge is 0.241 e. The van der Waals surface area contributed by atoms with Crippen molar-refractivity contribution in [1.29, 1.82) is 0 Å². The highest BCUT2D eigenvalue weighted by molar-refractivity contribution is 14.0. The number of carbonyl (C=O) groups excluding carboxylic acids is 1. The van der Waals surface area contributed by atoms with Crippen molar-refractivity contribution in [2.75, 3.05) is 39.3 Å². The largest absolute Gasteiger partial charge is 0.357 e. The van der Waals surface area contributed by atoms with Gasteiger partial charge in [0.1, 0.15) is 6.54 Å². The van der Waals surface area contributed by atoms with Gasteiger partial charge in [-0.1, -0.05) is 32.6 Å². The maximum absolute atomic E-state index is 11.8. The molecule has 0 radical (unpaired) electrons. The van der Waals surface area contributed by atoms with Crippen molar-refractivity contribution in [3.63, 3.8) is 0 Å². The van der Waals surface area contributed by atoms with Gasteiger partial charge in [0, 0.05) is 25.2 Å². The minimum atomic E-state index is -0.00698. The van der Waals surface area contributed by atoms with Crippen LogP contribution in [0.15, 0.2) is 4.99 Å². The summed E-state index contributed by atoms with van der Waals surface area (Å²) in [6.45, 7) is 9.22. The first-order valence-electron chi connectivity index (χ1n) is 10.7. The van der Waals surface area contributed by atoms with Crippen LogP contribution in [0.25, 0.3) is 0 Å². The zero-order valence-corrected chi connectivity index (χ0v) is 19.6. The van der Waals surface area contributed by atoms with Crippen LogP contribution in [0, 0.1) is 0 Å². The Balaban J connectivity index is 0.00000364. The minimum absolute atomic E-state index is 0. The highest BCUT2D eigenvalue weighted by atomic mass is 127. The van der Waals surface area contributed by atoms with E-state index in [2.05, 4.69) is 39.7 Å². The van der Waals surface area contributed by atoms with Crippen LogP contribution in [-0.2, 0) is 4.79 Å². The molecule has 1 heterocycles. The molecule has 3 N–H and O–H groups in total. The van der Waals surface area contributed by atoms with Gasteiger partial charge in [0.25, 0.3) is 0 Å². The fourth-order valence-corrected chi connectivity index (χ4v) is 4.24. The van der Waals surface area contributed by atoms with Gasteiger partial charge in [-0.25, -0.2) is 4.99 Å². The second-order valence-corrected chi connectivity index (χ2v) is 7.73. The molecule has 0 unspecified atom stereocenters. The van der Waals surface area contributed by atoms with E-state index in [9.17, 15) is 4.79 Å². The lowest BCUT2D eigenvalue weighted by Gasteiger charge is -2.48. The number of aliphatic imine (C=N–C) groups is 1. The molecule has 0 aromatic heterocycles. The zero-order chi connectivity index (χ0) is 18.7. The summed E-state index contributed by atoms with van der Waals surface area (Å²) in [7, 11) is 0. The van der Waals surface area contributed by atoms with Crippen LogP contribution in [-0.4, -0.2) is 61.6 Å². The van der Waals surface area contributed by atoms with Crippen molar-refractivity contribution in [3.8, 4) is 0 Å². The Morgan fingerprint density at radius 2 is 1.63 bits per heavy atom. The molecule has 2 rings (SSSR count). The monoisotopic (exact) mass is 493 g/mol. The van der Waals surface area contributed by atoms with E-state index in [1.807, 2.05) is 0 Å². The first-order chi connectivity index (χ1) is 12.7.